The Balaban J connectivity index is 2.12. The average Bonchev–Trinajstić information content (AvgIpc) is 2.80. The van der Waals surface area contributed by atoms with E-state index in [1.165, 1.54) is 0 Å². The fraction of sp³-hybridized carbons (Fsp3) is 0.812. The van der Waals surface area contributed by atoms with Crippen LogP contribution in [-0.2, 0) is 11.2 Å². The van der Waals surface area contributed by atoms with Crippen LogP contribution in [0.2, 0.25) is 0 Å². The molecule has 1 aliphatic rings. The zero-order chi connectivity index (χ0) is 16.5. The van der Waals surface area contributed by atoms with E-state index in [0.717, 1.165) is 12.1 Å². The van der Waals surface area contributed by atoms with Crippen LogP contribution in [0.3, 0.4) is 0 Å². The Hall–Kier alpha value is -1.43. The Morgan fingerprint density at radius 2 is 2.18 bits per heavy atom. The van der Waals surface area contributed by atoms with Crippen LogP contribution in [0.15, 0.2) is 6.20 Å². The van der Waals surface area contributed by atoms with Crippen molar-refractivity contribution in [3.8, 4) is 0 Å². The number of aliphatic hydroxyl groups excluding tert-OH is 1. The van der Waals surface area contributed by atoms with Crippen LogP contribution in [-0.4, -0.2) is 38.7 Å². The first-order valence-corrected chi connectivity index (χ1v) is 7.97. The summed E-state index contributed by atoms with van der Waals surface area (Å²) in [6, 6.07) is -0.137. The third-order valence-corrected chi connectivity index (χ3v) is 4.31. The van der Waals surface area contributed by atoms with Crippen molar-refractivity contribution < 1.29 is 9.90 Å². The van der Waals surface area contributed by atoms with Crippen LogP contribution >= 0.6 is 0 Å². The van der Waals surface area contributed by atoms with Gasteiger partial charge in [0.15, 0.2) is 0 Å². The number of aromatic nitrogens is 3. The fourth-order valence-electron chi connectivity index (χ4n) is 2.69. The lowest BCUT2D eigenvalue weighted by Gasteiger charge is -2.29. The van der Waals surface area contributed by atoms with Crippen LogP contribution in [0.1, 0.15) is 59.2 Å². The highest BCUT2D eigenvalue weighted by Gasteiger charge is 2.48. The first kappa shape index (κ1) is 16.9. The molecule has 0 aliphatic heterocycles. The van der Waals surface area contributed by atoms with Crippen LogP contribution in [0.4, 0.5) is 0 Å². The van der Waals surface area contributed by atoms with Crippen LogP contribution in [0.5, 0.6) is 0 Å². The van der Waals surface area contributed by atoms with Gasteiger partial charge in [-0.3, -0.25) is 4.79 Å². The maximum Gasteiger partial charge on any atom is 0.245 e. The molecule has 124 valence electrons. The summed E-state index contributed by atoms with van der Waals surface area (Å²) in [5, 5.41) is 20.3. The molecule has 0 bridgehead atoms. The predicted molar refractivity (Wildman–Crippen MR) is 84.2 cm³/mol. The zero-order valence-electron chi connectivity index (χ0n) is 14.3. The van der Waals surface area contributed by atoms with Gasteiger partial charge < -0.3 is 10.4 Å². The highest BCUT2D eigenvalue weighted by Crippen LogP contribution is 2.45. The minimum atomic E-state index is -0.390. The average molecular weight is 308 g/mol. The number of hydrogen-bond acceptors (Lipinski definition) is 4. The molecule has 0 radical (unpaired) electrons. The lowest BCUT2D eigenvalue weighted by molar-refractivity contribution is -0.128. The molecular weight excluding hydrogens is 280 g/mol. The summed E-state index contributed by atoms with van der Waals surface area (Å²) < 4.78 is 1.66. The van der Waals surface area contributed by atoms with E-state index in [9.17, 15) is 4.79 Å². The first-order valence-electron chi connectivity index (χ1n) is 7.97. The first-order chi connectivity index (χ1) is 10.1. The number of aryl methyl sites for hydroxylation is 1. The number of carbonyl (C=O) groups is 1. The van der Waals surface area contributed by atoms with E-state index < -0.39 is 0 Å². The van der Waals surface area contributed by atoms with Crippen LogP contribution < -0.4 is 5.32 Å². The second-order valence-corrected chi connectivity index (χ2v) is 8.04. The molecule has 1 amide bonds. The molecule has 2 unspecified atom stereocenters. The third-order valence-electron chi connectivity index (χ3n) is 4.31. The van der Waals surface area contributed by atoms with E-state index in [2.05, 4.69) is 29.5 Å². The van der Waals surface area contributed by atoms with E-state index in [-0.39, 0.29) is 35.4 Å². The van der Waals surface area contributed by atoms with Crippen molar-refractivity contribution >= 4 is 5.91 Å². The molecule has 22 heavy (non-hydrogen) atoms. The van der Waals surface area contributed by atoms with E-state index in [1.807, 2.05) is 27.0 Å². The summed E-state index contributed by atoms with van der Waals surface area (Å²) in [6.45, 7) is 10.5. The van der Waals surface area contributed by atoms with Crippen molar-refractivity contribution in [3.63, 3.8) is 0 Å². The molecule has 0 spiro atoms. The predicted octanol–water partition coefficient (Wildman–Crippen LogP) is 1.70. The number of nitrogens with one attached hydrogen (secondary N) is 1. The fourth-order valence-corrected chi connectivity index (χ4v) is 2.69. The summed E-state index contributed by atoms with van der Waals surface area (Å²) in [5.41, 5.74) is 0.750. The number of rotatable bonds is 6. The van der Waals surface area contributed by atoms with E-state index >= 15 is 0 Å². The molecule has 0 aromatic carbocycles. The highest BCUT2D eigenvalue weighted by molar-refractivity contribution is 5.81. The topological polar surface area (TPSA) is 80.0 Å². The second kappa shape index (κ2) is 5.99. The Bertz CT molecular complexity index is 530. The molecule has 6 heteroatoms. The Labute approximate surface area is 132 Å². The zero-order valence-corrected chi connectivity index (χ0v) is 14.3. The summed E-state index contributed by atoms with van der Waals surface area (Å²) in [7, 11) is 0. The molecule has 2 N–H and O–H groups in total. The van der Waals surface area contributed by atoms with Gasteiger partial charge in [0.05, 0.1) is 5.69 Å². The van der Waals surface area contributed by atoms with Gasteiger partial charge in [-0.25, -0.2) is 4.68 Å². The maximum atomic E-state index is 12.7. The van der Waals surface area contributed by atoms with Gasteiger partial charge >= 0.3 is 0 Å². The van der Waals surface area contributed by atoms with Gasteiger partial charge in [0.1, 0.15) is 6.04 Å². The molecule has 1 aromatic rings. The molecular formula is C16H28N4O2. The summed E-state index contributed by atoms with van der Waals surface area (Å²) in [4.78, 5) is 12.7. The minimum absolute atomic E-state index is 0.00156. The standard InChI is InChI=1S/C16H28N4O2/c1-15(2,3)13(14(22)17-12-9-16(12,4)5)20-10-11(18-19-20)7-6-8-21/h10,12-13,21H,6-9H2,1-5H3,(H,17,22). The molecule has 1 fully saturated rings. The van der Waals surface area contributed by atoms with Crippen molar-refractivity contribution in [2.75, 3.05) is 6.61 Å². The molecule has 2 rings (SSSR count). The van der Waals surface area contributed by atoms with Gasteiger partial charge in [0.2, 0.25) is 5.91 Å². The summed E-state index contributed by atoms with van der Waals surface area (Å²) >= 11 is 0. The van der Waals surface area contributed by atoms with Crippen molar-refractivity contribution in [1.82, 2.24) is 20.3 Å². The lowest BCUT2D eigenvalue weighted by atomic mass is 9.86. The molecule has 1 aromatic heterocycles. The summed E-state index contributed by atoms with van der Waals surface area (Å²) in [5.74, 6) is 0.00156. The van der Waals surface area contributed by atoms with Crippen molar-refractivity contribution in [2.24, 2.45) is 10.8 Å². The molecule has 1 heterocycles. The van der Waals surface area contributed by atoms with Crippen LogP contribution in [0.25, 0.3) is 0 Å². The number of nitrogens with zero attached hydrogens (tertiary/aromatic N) is 3. The molecule has 6 nitrogen and oxygen atoms in total. The molecule has 2 atom stereocenters. The largest absolute Gasteiger partial charge is 0.396 e. The van der Waals surface area contributed by atoms with Crippen molar-refractivity contribution in [2.45, 2.75) is 66.0 Å². The van der Waals surface area contributed by atoms with Crippen LogP contribution in [0, 0.1) is 10.8 Å². The van der Waals surface area contributed by atoms with E-state index in [1.54, 1.807) is 4.68 Å². The maximum absolute atomic E-state index is 12.7. The number of amides is 1. The van der Waals surface area contributed by atoms with Gasteiger partial charge in [-0.15, -0.1) is 5.10 Å². The van der Waals surface area contributed by atoms with E-state index in [4.69, 9.17) is 5.11 Å². The number of hydrogen-bond donors (Lipinski definition) is 2. The third kappa shape index (κ3) is 3.85. The monoisotopic (exact) mass is 308 g/mol. The SMILES string of the molecule is CC(C)(C)C(C(=O)NC1CC1(C)C)n1cc(CCCO)nn1. The molecule has 1 saturated carbocycles. The van der Waals surface area contributed by atoms with Crippen molar-refractivity contribution in [3.05, 3.63) is 11.9 Å². The smallest absolute Gasteiger partial charge is 0.245 e. The Morgan fingerprint density at radius 3 is 2.68 bits per heavy atom. The molecule has 1 aliphatic carbocycles. The summed E-state index contributed by atoms with van der Waals surface area (Å²) in [6.07, 6.45) is 4.17. The second-order valence-electron chi connectivity index (χ2n) is 8.04. The number of carbonyl (C=O) groups excluding carboxylic acids is 1. The van der Waals surface area contributed by atoms with E-state index in [0.29, 0.717) is 12.8 Å². The van der Waals surface area contributed by atoms with Gasteiger partial charge in [-0.05, 0) is 30.1 Å². The van der Waals surface area contributed by atoms with Gasteiger partial charge in [-0.1, -0.05) is 39.8 Å². The Kier molecular flexibility index (Phi) is 4.61. The molecule has 0 saturated heterocycles. The van der Waals surface area contributed by atoms with Gasteiger partial charge in [-0.2, -0.15) is 0 Å². The lowest BCUT2D eigenvalue weighted by Crippen LogP contribution is -2.41. The highest BCUT2D eigenvalue weighted by atomic mass is 16.3. The van der Waals surface area contributed by atoms with Gasteiger partial charge in [0.25, 0.3) is 0 Å². The normalized spacial score (nSPS) is 21.5. The Morgan fingerprint density at radius 1 is 1.55 bits per heavy atom. The van der Waals surface area contributed by atoms with Gasteiger partial charge in [0, 0.05) is 18.8 Å². The quantitative estimate of drug-likeness (QED) is 0.838. The van der Waals surface area contributed by atoms with Crippen molar-refractivity contribution in [1.29, 1.82) is 0 Å². The number of aliphatic hydroxyl groups is 1. The minimum Gasteiger partial charge on any atom is -0.396 e.